The third-order valence-corrected chi connectivity index (χ3v) is 2.50. The van der Waals surface area contributed by atoms with Crippen LogP contribution in [0.25, 0.3) is 0 Å². The molecule has 0 saturated carbocycles. The van der Waals surface area contributed by atoms with Crippen molar-refractivity contribution >= 4 is 11.8 Å². The van der Waals surface area contributed by atoms with E-state index in [-0.39, 0.29) is 16.7 Å². The first kappa shape index (κ1) is 12.0. The van der Waals surface area contributed by atoms with Crippen LogP contribution in [0.1, 0.15) is 18.1 Å². The molecule has 0 nitrogen and oxygen atoms in total. The lowest BCUT2D eigenvalue weighted by Crippen LogP contribution is -2.00. The van der Waals surface area contributed by atoms with Crippen LogP contribution in [0.3, 0.4) is 0 Å². The fraction of sp³-hybridized carbons (Fsp3) is 0.273. The first-order valence-corrected chi connectivity index (χ1v) is 5.04. The SMILES string of the molecule is CC#Cc1c(C)cccc1SC(F)(F)F. The van der Waals surface area contributed by atoms with Gasteiger partial charge >= 0.3 is 5.51 Å². The Hall–Kier alpha value is -1.08. The molecule has 0 unspecified atom stereocenters. The summed E-state index contributed by atoms with van der Waals surface area (Å²) in [6.45, 7) is 3.36. The van der Waals surface area contributed by atoms with E-state index < -0.39 is 5.51 Å². The Kier molecular flexibility index (Phi) is 3.70. The fourth-order valence-electron chi connectivity index (χ4n) is 1.14. The van der Waals surface area contributed by atoms with Crippen molar-refractivity contribution in [3.05, 3.63) is 29.3 Å². The number of benzene rings is 1. The second-order valence-electron chi connectivity index (χ2n) is 2.87. The van der Waals surface area contributed by atoms with Gasteiger partial charge in [0, 0.05) is 10.5 Å². The van der Waals surface area contributed by atoms with Gasteiger partial charge in [-0.3, -0.25) is 0 Å². The molecule has 0 fully saturated rings. The van der Waals surface area contributed by atoms with Crippen molar-refractivity contribution in [3.8, 4) is 11.8 Å². The molecule has 1 aromatic carbocycles. The Morgan fingerprint density at radius 2 is 1.93 bits per heavy atom. The number of hydrogen-bond donors (Lipinski definition) is 0. The maximum Gasteiger partial charge on any atom is 0.446 e. The van der Waals surface area contributed by atoms with Crippen LogP contribution in [0, 0.1) is 18.8 Å². The number of rotatable bonds is 1. The second kappa shape index (κ2) is 4.63. The van der Waals surface area contributed by atoms with E-state index in [0.717, 1.165) is 5.56 Å². The molecule has 0 atom stereocenters. The number of alkyl halides is 3. The average Bonchev–Trinajstić information content (AvgIpc) is 2.08. The van der Waals surface area contributed by atoms with Crippen LogP contribution in [-0.2, 0) is 0 Å². The lowest BCUT2D eigenvalue weighted by atomic mass is 10.1. The molecule has 0 spiro atoms. The monoisotopic (exact) mass is 230 g/mol. The Bertz CT molecular complexity index is 410. The predicted molar refractivity (Wildman–Crippen MR) is 55.6 cm³/mol. The van der Waals surface area contributed by atoms with Crippen molar-refractivity contribution in [2.45, 2.75) is 24.3 Å². The van der Waals surface area contributed by atoms with Gasteiger partial charge in [-0.15, -0.1) is 5.92 Å². The molecule has 15 heavy (non-hydrogen) atoms. The van der Waals surface area contributed by atoms with Crippen LogP contribution in [0.15, 0.2) is 23.1 Å². The summed E-state index contributed by atoms with van der Waals surface area (Å²) in [7, 11) is 0. The summed E-state index contributed by atoms with van der Waals surface area (Å²) >= 11 is -0.121. The van der Waals surface area contributed by atoms with Gasteiger partial charge in [-0.05, 0) is 37.2 Å². The van der Waals surface area contributed by atoms with Gasteiger partial charge in [-0.2, -0.15) is 13.2 Å². The summed E-state index contributed by atoms with van der Waals surface area (Å²) in [6.07, 6.45) is 0. The zero-order valence-electron chi connectivity index (χ0n) is 8.27. The minimum atomic E-state index is -4.27. The highest BCUT2D eigenvalue weighted by molar-refractivity contribution is 8.00. The number of thioether (sulfide) groups is 1. The maximum atomic E-state index is 12.2. The zero-order valence-corrected chi connectivity index (χ0v) is 9.09. The standard InChI is InChI=1S/C11H9F3S/c1-3-5-9-8(2)6-4-7-10(9)15-11(12,13)14/h4,6-7H,1-2H3. The van der Waals surface area contributed by atoms with E-state index in [2.05, 4.69) is 11.8 Å². The molecule has 0 N–H and O–H groups in total. The molecule has 4 heteroatoms. The minimum absolute atomic E-state index is 0.121. The molecule has 0 aliphatic rings. The Morgan fingerprint density at radius 1 is 1.27 bits per heavy atom. The lowest BCUT2D eigenvalue weighted by molar-refractivity contribution is -0.0328. The normalized spacial score (nSPS) is 10.7. The predicted octanol–water partition coefficient (Wildman–Crippen LogP) is 3.98. The fourth-order valence-corrected chi connectivity index (χ4v) is 1.85. The molecular formula is C11H9F3S. The third-order valence-electron chi connectivity index (χ3n) is 1.71. The van der Waals surface area contributed by atoms with Gasteiger partial charge in [0.15, 0.2) is 0 Å². The third kappa shape index (κ3) is 3.52. The van der Waals surface area contributed by atoms with Crippen molar-refractivity contribution in [3.63, 3.8) is 0 Å². The molecule has 0 aliphatic carbocycles. The van der Waals surface area contributed by atoms with Crippen molar-refractivity contribution < 1.29 is 13.2 Å². The smallest absolute Gasteiger partial charge is 0.160 e. The van der Waals surface area contributed by atoms with E-state index >= 15 is 0 Å². The minimum Gasteiger partial charge on any atom is -0.160 e. The summed E-state index contributed by atoms with van der Waals surface area (Å²) in [4.78, 5) is 0.164. The number of aryl methyl sites for hydroxylation is 1. The molecule has 0 heterocycles. The van der Waals surface area contributed by atoms with Crippen LogP contribution < -0.4 is 0 Å². The lowest BCUT2D eigenvalue weighted by Gasteiger charge is -2.09. The molecule has 0 saturated heterocycles. The highest BCUT2D eigenvalue weighted by atomic mass is 32.2. The number of halogens is 3. The second-order valence-corrected chi connectivity index (χ2v) is 3.98. The van der Waals surface area contributed by atoms with Crippen LogP contribution >= 0.6 is 11.8 Å². The molecule has 0 radical (unpaired) electrons. The van der Waals surface area contributed by atoms with Crippen molar-refractivity contribution in [2.24, 2.45) is 0 Å². The zero-order chi connectivity index (χ0) is 11.5. The molecule has 0 bridgehead atoms. The summed E-state index contributed by atoms with van der Waals surface area (Å²) < 4.78 is 36.6. The van der Waals surface area contributed by atoms with Gasteiger partial charge in [0.25, 0.3) is 0 Å². The number of hydrogen-bond acceptors (Lipinski definition) is 1. The van der Waals surface area contributed by atoms with Crippen molar-refractivity contribution in [2.75, 3.05) is 0 Å². The van der Waals surface area contributed by atoms with E-state index in [4.69, 9.17) is 0 Å². The summed E-state index contributed by atoms with van der Waals surface area (Å²) in [5.74, 6) is 5.32. The van der Waals surface area contributed by atoms with Crippen LogP contribution in [0.2, 0.25) is 0 Å². The summed E-state index contributed by atoms with van der Waals surface area (Å²) in [6, 6.07) is 4.79. The molecule has 0 aromatic heterocycles. The molecule has 0 amide bonds. The van der Waals surface area contributed by atoms with Crippen molar-refractivity contribution in [1.29, 1.82) is 0 Å². The van der Waals surface area contributed by atoms with Gasteiger partial charge in [0.05, 0.1) is 0 Å². The highest BCUT2D eigenvalue weighted by Crippen LogP contribution is 2.38. The van der Waals surface area contributed by atoms with Gasteiger partial charge < -0.3 is 0 Å². The maximum absolute atomic E-state index is 12.2. The van der Waals surface area contributed by atoms with Gasteiger partial charge in [0.2, 0.25) is 0 Å². The van der Waals surface area contributed by atoms with Gasteiger partial charge in [0.1, 0.15) is 0 Å². The summed E-state index contributed by atoms with van der Waals surface area (Å²) in [5.41, 5.74) is -3.04. The van der Waals surface area contributed by atoms with E-state index in [0.29, 0.717) is 5.56 Å². The molecule has 0 aliphatic heterocycles. The quantitative estimate of drug-likeness (QED) is 0.519. The molecule has 1 aromatic rings. The topological polar surface area (TPSA) is 0 Å². The first-order chi connectivity index (χ1) is 6.94. The molecule has 80 valence electrons. The Balaban J connectivity index is 3.15. The van der Waals surface area contributed by atoms with Gasteiger partial charge in [-0.25, -0.2) is 0 Å². The van der Waals surface area contributed by atoms with Crippen LogP contribution in [-0.4, -0.2) is 5.51 Å². The van der Waals surface area contributed by atoms with Crippen LogP contribution in [0.5, 0.6) is 0 Å². The Labute approximate surface area is 90.9 Å². The first-order valence-electron chi connectivity index (χ1n) is 4.22. The van der Waals surface area contributed by atoms with Gasteiger partial charge in [-0.1, -0.05) is 18.1 Å². The van der Waals surface area contributed by atoms with E-state index in [1.54, 1.807) is 26.0 Å². The largest absolute Gasteiger partial charge is 0.446 e. The van der Waals surface area contributed by atoms with E-state index in [1.165, 1.54) is 6.07 Å². The van der Waals surface area contributed by atoms with Crippen LogP contribution in [0.4, 0.5) is 13.2 Å². The van der Waals surface area contributed by atoms with E-state index in [1.807, 2.05) is 0 Å². The highest BCUT2D eigenvalue weighted by Gasteiger charge is 2.30. The Morgan fingerprint density at radius 3 is 2.47 bits per heavy atom. The average molecular weight is 230 g/mol. The van der Waals surface area contributed by atoms with E-state index in [9.17, 15) is 13.2 Å². The molecule has 1 rings (SSSR count). The summed E-state index contributed by atoms with van der Waals surface area (Å²) in [5, 5.41) is 0. The van der Waals surface area contributed by atoms with Crippen molar-refractivity contribution in [1.82, 2.24) is 0 Å². The molecular weight excluding hydrogens is 221 g/mol.